The smallest absolute Gasteiger partial charge is 0.258 e. The number of likely N-dealkylation sites (N-methyl/N-ethyl adjacent to an activating group) is 2. The lowest BCUT2D eigenvalue weighted by Crippen LogP contribution is -2.18. The maximum atomic E-state index is 5.55. The predicted molar refractivity (Wildman–Crippen MR) is 50.0 cm³/mol. The number of nitrogens with zero attached hydrogens (tertiary/aromatic N) is 2. The van der Waals surface area contributed by atoms with Crippen molar-refractivity contribution in [2.75, 3.05) is 47.4 Å². The summed E-state index contributed by atoms with van der Waals surface area (Å²) < 4.78 is 13.1. The molecule has 1 saturated heterocycles. The van der Waals surface area contributed by atoms with Gasteiger partial charge in [-0.25, -0.2) is 4.67 Å². The van der Waals surface area contributed by atoms with E-state index in [0.29, 0.717) is 0 Å². The van der Waals surface area contributed by atoms with Gasteiger partial charge in [0.25, 0.3) is 8.53 Å². The third-order valence-electron chi connectivity index (χ3n) is 1.64. The second-order valence-electron chi connectivity index (χ2n) is 3.09. The van der Waals surface area contributed by atoms with Gasteiger partial charge in [-0.05, 0) is 21.1 Å². The van der Waals surface area contributed by atoms with Gasteiger partial charge in [-0.3, -0.25) is 0 Å². The first-order valence-electron chi connectivity index (χ1n) is 4.12. The zero-order valence-corrected chi connectivity index (χ0v) is 8.88. The van der Waals surface area contributed by atoms with Gasteiger partial charge in [0.15, 0.2) is 0 Å². The van der Waals surface area contributed by atoms with Crippen molar-refractivity contribution >= 4 is 8.53 Å². The highest BCUT2D eigenvalue weighted by Gasteiger charge is 2.23. The fourth-order valence-electron chi connectivity index (χ4n) is 0.869. The molecule has 72 valence electrons. The van der Waals surface area contributed by atoms with Crippen molar-refractivity contribution in [3.63, 3.8) is 0 Å². The molecule has 0 aromatic heterocycles. The normalized spacial score (nSPS) is 25.5. The van der Waals surface area contributed by atoms with Crippen molar-refractivity contribution in [2.24, 2.45) is 0 Å². The summed E-state index contributed by atoms with van der Waals surface area (Å²) in [6.45, 7) is 3.51. The Hall–Kier alpha value is 0.270. The van der Waals surface area contributed by atoms with E-state index in [4.69, 9.17) is 9.05 Å². The minimum absolute atomic E-state index is 0.730. The van der Waals surface area contributed by atoms with Crippen LogP contribution in [0.4, 0.5) is 0 Å². The van der Waals surface area contributed by atoms with Crippen molar-refractivity contribution < 1.29 is 9.05 Å². The summed E-state index contributed by atoms with van der Waals surface area (Å²) in [5, 5.41) is 0. The average Bonchev–Trinajstić information content (AvgIpc) is 2.36. The first kappa shape index (κ1) is 10.4. The summed E-state index contributed by atoms with van der Waals surface area (Å²) in [7, 11) is 5.38. The van der Waals surface area contributed by atoms with Gasteiger partial charge in [-0.15, -0.1) is 0 Å². The molecule has 4 nitrogen and oxygen atoms in total. The molecule has 0 aliphatic carbocycles. The molecule has 0 radical (unpaired) electrons. The molecule has 5 heteroatoms. The van der Waals surface area contributed by atoms with Crippen LogP contribution < -0.4 is 0 Å². The molecule has 1 rings (SSSR count). The highest BCUT2D eigenvalue weighted by molar-refractivity contribution is 7.44. The number of hydrogen-bond donors (Lipinski definition) is 0. The topological polar surface area (TPSA) is 24.9 Å². The summed E-state index contributed by atoms with van der Waals surface area (Å²) in [5.41, 5.74) is 0. The van der Waals surface area contributed by atoms with Crippen molar-refractivity contribution in [3.05, 3.63) is 0 Å². The highest BCUT2D eigenvalue weighted by Crippen LogP contribution is 2.44. The van der Waals surface area contributed by atoms with E-state index in [9.17, 15) is 0 Å². The first-order valence-corrected chi connectivity index (χ1v) is 5.25. The lowest BCUT2D eigenvalue weighted by Gasteiger charge is -2.17. The van der Waals surface area contributed by atoms with E-state index >= 15 is 0 Å². The van der Waals surface area contributed by atoms with Crippen LogP contribution in [0.2, 0.25) is 0 Å². The van der Waals surface area contributed by atoms with E-state index < -0.39 is 8.53 Å². The van der Waals surface area contributed by atoms with Gasteiger partial charge < -0.3 is 13.9 Å². The van der Waals surface area contributed by atoms with Crippen LogP contribution in [0.1, 0.15) is 0 Å². The van der Waals surface area contributed by atoms with Crippen LogP contribution in [-0.4, -0.2) is 57.0 Å². The molecule has 1 aliphatic rings. The Balaban J connectivity index is 2.06. The molecule has 1 fully saturated rings. The zero-order chi connectivity index (χ0) is 8.97. The molecule has 0 saturated carbocycles. The van der Waals surface area contributed by atoms with Crippen molar-refractivity contribution in [1.82, 2.24) is 9.57 Å². The molecule has 1 atom stereocenters. The van der Waals surface area contributed by atoms with E-state index in [1.165, 1.54) is 0 Å². The second-order valence-corrected chi connectivity index (χ2v) is 4.76. The second kappa shape index (κ2) is 5.10. The van der Waals surface area contributed by atoms with Crippen molar-refractivity contribution in [3.8, 4) is 0 Å². The monoisotopic (exact) mass is 192 g/mol. The Labute approximate surface area is 75.4 Å². The van der Waals surface area contributed by atoms with Crippen LogP contribution >= 0.6 is 8.53 Å². The van der Waals surface area contributed by atoms with E-state index in [0.717, 1.165) is 26.3 Å². The van der Waals surface area contributed by atoms with Crippen LogP contribution in [0.25, 0.3) is 0 Å². The van der Waals surface area contributed by atoms with Gasteiger partial charge >= 0.3 is 0 Å². The fourth-order valence-corrected chi connectivity index (χ4v) is 2.06. The SMILES string of the molecule is CN(C)CCOP1OCCN1C. The summed E-state index contributed by atoms with van der Waals surface area (Å²) in [4.78, 5) is 2.10. The van der Waals surface area contributed by atoms with Gasteiger partial charge in [0, 0.05) is 13.1 Å². The van der Waals surface area contributed by atoms with Gasteiger partial charge in [0.2, 0.25) is 0 Å². The minimum Gasteiger partial charge on any atom is -0.321 e. The summed E-state index contributed by atoms with van der Waals surface area (Å²) in [6, 6.07) is 0. The predicted octanol–water partition coefficient (Wildman–Crippen LogP) is 0.753. The van der Waals surface area contributed by atoms with Crippen LogP contribution in [0, 0.1) is 0 Å². The van der Waals surface area contributed by atoms with Gasteiger partial charge in [0.1, 0.15) is 0 Å². The van der Waals surface area contributed by atoms with E-state index in [-0.39, 0.29) is 0 Å². The van der Waals surface area contributed by atoms with E-state index in [1.54, 1.807) is 0 Å². The highest BCUT2D eigenvalue weighted by atomic mass is 31.2. The average molecular weight is 192 g/mol. The summed E-state index contributed by atoms with van der Waals surface area (Å²) in [5.74, 6) is 0. The van der Waals surface area contributed by atoms with E-state index in [2.05, 4.69) is 9.57 Å². The molecule has 0 aromatic rings. The molecule has 1 heterocycles. The van der Waals surface area contributed by atoms with Crippen molar-refractivity contribution in [1.29, 1.82) is 0 Å². The number of hydrogen-bond acceptors (Lipinski definition) is 4. The standard InChI is InChI=1S/C7H17N2O2P/c1-8(2)4-6-10-12-9(3)5-7-11-12/h4-7H2,1-3H3. The van der Waals surface area contributed by atoms with Gasteiger partial charge in [-0.1, -0.05) is 0 Å². The first-order chi connectivity index (χ1) is 5.70. The Kier molecular flexibility index (Phi) is 4.40. The zero-order valence-electron chi connectivity index (χ0n) is 7.99. The Morgan fingerprint density at radius 2 is 2.33 bits per heavy atom. The minimum atomic E-state index is -0.730. The van der Waals surface area contributed by atoms with Crippen LogP contribution in [-0.2, 0) is 9.05 Å². The Morgan fingerprint density at radius 3 is 2.83 bits per heavy atom. The summed E-state index contributed by atoms with van der Waals surface area (Å²) in [6.07, 6.45) is 0. The molecule has 1 unspecified atom stereocenters. The third-order valence-corrected chi connectivity index (χ3v) is 3.20. The Morgan fingerprint density at radius 1 is 1.58 bits per heavy atom. The van der Waals surface area contributed by atoms with Crippen LogP contribution in [0.15, 0.2) is 0 Å². The molecule has 0 spiro atoms. The lowest BCUT2D eigenvalue weighted by atomic mass is 10.6. The third kappa shape index (κ3) is 3.33. The molecule has 0 aromatic carbocycles. The molecular formula is C7H17N2O2P. The lowest BCUT2D eigenvalue weighted by molar-refractivity contribution is 0.236. The number of rotatable bonds is 4. The molecule has 0 bridgehead atoms. The van der Waals surface area contributed by atoms with Gasteiger partial charge in [0.05, 0.1) is 13.2 Å². The van der Waals surface area contributed by atoms with Crippen molar-refractivity contribution in [2.45, 2.75) is 0 Å². The largest absolute Gasteiger partial charge is 0.321 e. The summed E-state index contributed by atoms with van der Waals surface area (Å²) >= 11 is 0. The maximum Gasteiger partial charge on any atom is 0.258 e. The fraction of sp³-hybridized carbons (Fsp3) is 1.00. The molecular weight excluding hydrogens is 175 g/mol. The van der Waals surface area contributed by atoms with Crippen LogP contribution in [0.3, 0.4) is 0 Å². The molecule has 0 N–H and O–H groups in total. The van der Waals surface area contributed by atoms with Crippen LogP contribution in [0.5, 0.6) is 0 Å². The molecule has 12 heavy (non-hydrogen) atoms. The quantitative estimate of drug-likeness (QED) is 0.614. The Bertz CT molecular complexity index is 135. The van der Waals surface area contributed by atoms with Gasteiger partial charge in [-0.2, -0.15) is 0 Å². The maximum absolute atomic E-state index is 5.55. The van der Waals surface area contributed by atoms with E-state index in [1.807, 2.05) is 21.1 Å². The molecule has 1 aliphatic heterocycles. The molecule has 0 amide bonds.